The Kier molecular flexibility index (Phi) is 12.5. The highest BCUT2D eigenvalue weighted by Gasteiger charge is 2.41. The van der Waals surface area contributed by atoms with E-state index in [4.69, 9.17) is 21.7 Å². The van der Waals surface area contributed by atoms with Gasteiger partial charge in [-0.05, 0) is 64.6 Å². The standard InChI is InChI=1S/C30H54O6Si/c1-10-11-14-17-24(36-37(8,9)29(3,4)5)20-21-26(27-22-34-30(6,7)35-27)25(23(2)31)18-15-12-13-16-19-28(32)33/h12,15,20-21,24-27H,10-11,13-14,16-19,22H2,1-9H3,(H,32,33)/b15-12-,21-20+/t24?,25?,26?,27-/m1/s1/i12T,15T. The smallest absolute Gasteiger partial charge is 0.303 e. The van der Waals surface area contributed by atoms with Gasteiger partial charge in [-0.25, -0.2) is 0 Å². The van der Waals surface area contributed by atoms with Crippen molar-refractivity contribution in [3.8, 4) is 0 Å². The van der Waals surface area contributed by atoms with Gasteiger partial charge in [0.15, 0.2) is 14.1 Å². The molecule has 1 aliphatic rings. The van der Waals surface area contributed by atoms with Gasteiger partial charge in [-0.1, -0.05) is 71.2 Å². The summed E-state index contributed by atoms with van der Waals surface area (Å²) in [6.07, 6.45) is 8.40. The largest absolute Gasteiger partial charge is 0.481 e. The maximum Gasteiger partial charge on any atom is 0.303 e. The van der Waals surface area contributed by atoms with E-state index in [2.05, 4.69) is 46.9 Å². The molecule has 0 aromatic rings. The van der Waals surface area contributed by atoms with E-state index in [1.54, 1.807) is 0 Å². The number of hydrogen-bond donors (Lipinski definition) is 1. The highest BCUT2D eigenvalue weighted by Crippen LogP contribution is 2.38. The van der Waals surface area contributed by atoms with E-state index in [0.717, 1.165) is 25.7 Å². The average Bonchev–Trinajstić information content (AvgIpc) is 3.16. The minimum Gasteiger partial charge on any atom is -0.481 e. The predicted molar refractivity (Wildman–Crippen MR) is 153 cm³/mol. The molecular formula is C30H54O6Si. The number of aliphatic carboxylic acids is 1. The zero-order chi connectivity index (χ0) is 30.0. The summed E-state index contributed by atoms with van der Waals surface area (Å²) >= 11 is 0. The van der Waals surface area contributed by atoms with Crippen LogP contribution in [0.1, 0.15) is 103 Å². The Balaban J connectivity index is 3.33. The van der Waals surface area contributed by atoms with Crippen LogP contribution in [-0.4, -0.2) is 49.8 Å². The lowest BCUT2D eigenvalue weighted by atomic mass is 9.82. The summed E-state index contributed by atoms with van der Waals surface area (Å²) in [5.41, 5.74) is 0. The molecule has 37 heavy (non-hydrogen) atoms. The van der Waals surface area contributed by atoms with Gasteiger partial charge in [0.2, 0.25) is 0 Å². The lowest BCUT2D eigenvalue weighted by molar-refractivity contribution is -0.147. The van der Waals surface area contributed by atoms with Crippen LogP contribution in [0.5, 0.6) is 0 Å². The van der Waals surface area contributed by atoms with Crippen molar-refractivity contribution in [3.63, 3.8) is 0 Å². The first-order chi connectivity index (χ1) is 17.9. The summed E-state index contributed by atoms with van der Waals surface area (Å²) in [4.78, 5) is 23.8. The van der Waals surface area contributed by atoms with E-state index in [1.807, 2.05) is 19.9 Å². The SMILES string of the molecule is [3H]/C(CCCC(=O)O)=C(\[3H])CC(C(C)=O)C(/C=C/C(CCCCC)O[Si](C)(C)C(C)(C)C)[C@H]1COC(C)(C)O1. The summed E-state index contributed by atoms with van der Waals surface area (Å²) in [6, 6.07) is 0.141. The number of hydrogen-bond acceptors (Lipinski definition) is 5. The van der Waals surface area contributed by atoms with Crippen LogP contribution >= 0.6 is 0 Å². The van der Waals surface area contributed by atoms with Gasteiger partial charge in [-0.2, -0.15) is 0 Å². The van der Waals surface area contributed by atoms with Crippen LogP contribution in [0.25, 0.3) is 0 Å². The molecule has 0 spiro atoms. The van der Waals surface area contributed by atoms with Gasteiger partial charge in [0, 0.05) is 18.3 Å². The Bertz CT molecular complexity index is 862. The normalized spacial score (nSPS) is 22.2. The number of allylic oxidation sites excluding steroid dienone is 2. The number of rotatable bonds is 17. The first-order valence-electron chi connectivity index (χ1n) is 15.0. The van der Waals surface area contributed by atoms with E-state index in [-0.39, 0.29) is 60.3 Å². The van der Waals surface area contributed by atoms with Gasteiger partial charge in [-0.15, -0.1) is 0 Å². The molecule has 7 heteroatoms. The number of ether oxygens (including phenoxy) is 2. The van der Waals surface area contributed by atoms with Crippen molar-refractivity contribution < 1.29 is 31.3 Å². The number of carboxylic acids is 1. The van der Waals surface area contributed by atoms with Crippen molar-refractivity contribution in [1.29, 1.82) is 0 Å². The highest BCUT2D eigenvalue weighted by molar-refractivity contribution is 6.74. The van der Waals surface area contributed by atoms with Crippen LogP contribution in [0.3, 0.4) is 0 Å². The van der Waals surface area contributed by atoms with Crippen LogP contribution in [0, 0.1) is 11.8 Å². The maximum atomic E-state index is 13.0. The van der Waals surface area contributed by atoms with E-state index in [9.17, 15) is 9.59 Å². The van der Waals surface area contributed by atoms with Crippen LogP contribution in [0.15, 0.2) is 24.3 Å². The summed E-state index contributed by atoms with van der Waals surface area (Å²) < 4.78 is 35.7. The Morgan fingerprint density at radius 3 is 2.38 bits per heavy atom. The molecule has 1 fully saturated rings. The minimum atomic E-state index is -2.04. The number of carbonyl (C=O) groups excluding carboxylic acids is 1. The third-order valence-corrected chi connectivity index (χ3v) is 12.0. The van der Waals surface area contributed by atoms with Gasteiger partial charge < -0.3 is 19.0 Å². The molecule has 1 N–H and O–H groups in total. The number of carbonyl (C=O) groups is 2. The van der Waals surface area contributed by atoms with Gasteiger partial charge in [-0.3, -0.25) is 9.59 Å². The van der Waals surface area contributed by atoms with E-state index in [1.165, 1.54) is 6.92 Å². The van der Waals surface area contributed by atoms with Crippen LogP contribution < -0.4 is 0 Å². The molecule has 1 heterocycles. The van der Waals surface area contributed by atoms with Crippen molar-refractivity contribution >= 4 is 20.1 Å². The van der Waals surface area contributed by atoms with Gasteiger partial charge in [0.05, 0.1) is 21.6 Å². The Morgan fingerprint density at radius 2 is 1.86 bits per heavy atom. The van der Waals surface area contributed by atoms with Crippen molar-refractivity contribution in [2.24, 2.45) is 11.8 Å². The molecule has 214 valence electrons. The zero-order valence-corrected chi connectivity index (χ0v) is 25.8. The van der Waals surface area contributed by atoms with Gasteiger partial charge in [0.1, 0.15) is 5.78 Å². The summed E-state index contributed by atoms with van der Waals surface area (Å²) in [5.74, 6) is -2.69. The number of Topliss-reactive ketones (excluding diaryl/α,β-unsaturated/α-hetero) is 1. The number of ketones is 1. The van der Waals surface area contributed by atoms with E-state index >= 15 is 0 Å². The van der Waals surface area contributed by atoms with Crippen LogP contribution in [0.2, 0.25) is 18.1 Å². The highest BCUT2D eigenvalue weighted by atomic mass is 28.4. The molecule has 1 saturated heterocycles. The second-order valence-electron chi connectivity index (χ2n) is 12.3. The molecular weight excluding hydrogens is 484 g/mol. The molecule has 0 aromatic heterocycles. The summed E-state index contributed by atoms with van der Waals surface area (Å²) in [5, 5.41) is 8.96. The van der Waals surface area contributed by atoms with Crippen LogP contribution in [-0.2, 0) is 23.5 Å². The fraction of sp³-hybridized carbons (Fsp3) is 0.800. The lowest BCUT2D eigenvalue weighted by Gasteiger charge is -2.39. The first kappa shape index (κ1) is 30.3. The lowest BCUT2D eigenvalue weighted by Crippen LogP contribution is -2.43. The molecule has 1 aliphatic heterocycles. The molecule has 1 rings (SSSR count). The minimum absolute atomic E-state index is 0.0485. The fourth-order valence-corrected chi connectivity index (χ4v) is 5.48. The van der Waals surface area contributed by atoms with Crippen molar-refractivity contribution in [3.05, 3.63) is 24.3 Å². The maximum absolute atomic E-state index is 13.0. The number of unbranched alkanes of at least 4 members (excludes halogenated alkanes) is 2. The molecule has 6 nitrogen and oxygen atoms in total. The molecule has 0 aromatic carbocycles. The fourth-order valence-electron chi connectivity index (χ4n) is 4.17. The average molecular weight is 543 g/mol. The Hall–Kier alpha value is -1.28. The van der Waals surface area contributed by atoms with Crippen molar-refractivity contribution in [1.82, 2.24) is 0 Å². The molecule has 0 aliphatic carbocycles. The molecule has 0 bridgehead atoms. The van der Waals surface area contributed by atoms with E-state index in [0.29, 0.717) is 13.0 Å². The Labute approximate surface area is 230 Å². The zero-order valence-electron chi connectivity index (χ0n) is 26.8. The predicted octanol–water partition coefficient (Wildman–Crippen LogP) is 7.69. The van der Waals surface area contributed by atoms with Gasteiger partial charge >= 0.3 is 5.97 Å². The molecule has 0 radical (unpaired) electrons. The molecule has 4 atom stereocenters. The number of carboxylic acid groups (broad SMARTS) is 1. The molecule has 0 saturated carbocycles. The topological polar surface area (TPSA) is 82.1 Å². The third kappa shape index (κ3) is 12.4. The molecule has 3 unspecified atom stereocenters. The quantitative estimate of drug-likeness (QED) is 0.115. The van der Waals surface area contributed by atoms with E-state index < -0.39 is 26.0 Å². The van der Waals surface area contributed by atoms with Crippen molar-refractivity contribution in [2.75, 3.05) is 6.61 Å². The Morgan fingerprint density at radius 1 is 1.19 bits per heavy atom. The summed E-state index contributed by atoms with van der Waals surface area (Å²) in [7, 11) is -2.04. The van der Waals surface area contributed by atoms with Crippen LogP contribution in [0.4, 0.5) is 0 Å². The molecule has 0 amide bonds. The third-order valence-electron chi connectivity index (χ3n) is 7.48. The monoisotopic (exact) mass is 542 g/mol. The van der Waals surface area contributed by atoms with Gasteiger partial charge in [0.25, 0.3) is 0 Å². The summed E-state index contributed by atoms with van der Waals surface area (Å²) in [6.45, 7) is 18.9. The van der Waals surface area contributed by atoms with Crippen molar-refractivity contribution in [2.45, 2.75) is 136 Å². The second-order valence-corrected chi connectivity index (χ2v) is 17.0. The second kappa shape index (κ2) is 15.3. The first-order valence-corrected chi connectivity index (χ1v) is 16.9.